The summed E-state index contributed by atoms with van der Waals surface area (Å²) < 4.78 is 12.8. The van der Waals surface area contributed by atoms with E-state index in [1.54, 1.807) is 18.3 Å². The molecular weight excluding hydrogens is 253 g/mol. The van der Waals surface area contributed by atoms with E-state index in [2.05, 4.69) is 4.99 Å². The van der Waals surface area contributed by atoms with E-state index in [0.29, 0.717) is 12.2 Å². The zero-order chi connectivity index (χ0) is 14.7. The number of hydrogen-bond donors (Lipinski definition) is 2. The molecule has 0 radical (unpaired) electrons. The van der Waals surface area contributed by atoms with Crippen molar-refractivity contribution in [2.24, 2.45) is 4.99 Å². The molecule has 3 nitrogen and oxygen atoms in total. The fourth-order valence-corrected chi connectivity index (χ4v) is 1.99. The average molecular weight is 271 g/mol. The van der Waals surface area contributed by atoms with E-state index in [1.165, 1.54) is 12.1 Å². The van der Waals surface area contributed by atoms with E-state index in [4.69, 9.17) is 11.5 Å². The van der Waals surface area contributed by atoms with Crippen LogP contribution in [0.4, 0.5) is 15.8 Å². The molecule has 4 heteroatoms. The molecule has 20 heavy (non-hydrogen) atoms. The number of anilines is 2. The number of aliphatic imine (C=N–C) groups is 1. The molecule has 0 bridgehead atoms. The summed E-state index contributed by atoms with van der Waals surface area (Å²) in [4.78, 5) is 4.35. The highest BCUT2D eigenvalue weighted by molar-refractivity contribution is 5.90. The summed E-state index contributed by atoms with van der Waals surface area (Å²) in [5.74, 6) is -0.244. The zero-order valence-corrected chi connectivity index (χ0v) is 11.7. The Balaban J connectivity index is 2.18. The Morgan fingerprint density at radius 2 is 1.75 bits per heavy atom. The predicted octanol–water partition coefficient (Wildman–Crippen LogP) is 3.23. The van der Waals surface area contributed by atoms with Gasteiger partial charge in [-0.1, -0.05) is 12.1 Å². The van der Waals surface area contributed by atoms with Gasteiger partial charge in [0.25, 0.3) is 0 Å². The molecular formula is C16H18FN3. The van der Waals surface area contributed by atoms with Gasteiger partial charge < -0.3 is 11.5 Å². The third kappa shape index (κ3) is 2.96. The molecule has 0 amide bonds. The van der Waals surface area contributed by atoms with Crippen molar-refractivity contribution in [3.63, 3.8) is 0 Å². The number of benzene rings is 2. The molecule has 2 aromatic rings. The SMILES string of the molecule is Cc1cc(C=NCc2ccc(F)cc2)c(N)c(C)c1N. The van der Waals surface area contributed by atoms with Crippen LogP contribution in [-0.4, -0.2) is 6.21 Å². The molecule has 104 valence electrons. The van der Waals surface area contributed by atoms with E-state index in [0.717, 1.165) is 27.9 Å². The van der Waals surface area contributed by atoms with Crippen molar-refractivity contribution < 1.29 is 4.39 Å². The summed E-state index contributed by atoms with van der Waals surface area (Å²) in [6.45, 7) is 4.33. The lowest BCUT2D eigenvalue weighted by Gasteiger charge is -2.10. The normalized spacial score (nSPS) is 11.2. The van der Waals surface area contributed by atoms with Crippen LogP contribution in [0, 0.1) is 19.7 Å². The Kier molecular flexibility index (Phi) is 4.03. The van der Waals surface area contributed by atoms with Crippen LogP contribution < -0.4 is 11.5 Å². The number of nitrogens with zero attached hydrogens (tertiary/aromatic N) is 1. The molecule has 2 aromatic carbocycles. The lowest BCUT2D eigenvalue weighted by molar-refractivity contribution is 0.627. The van der Waals surface area contributed by atoms with Crippen LogP contribution in [0.2, 0.25) is 0 Å². The fourth-order valence-electron chi connectivity index (χ4n) is 1.99. The van der Waals surface area contributed by atoms with Gasteiger partial charge >= 0.3 is 0 Å². The van der Waals surface area contributed by atoms with E-state index < -0.39 is 0 Å². The van der Waals surface area contributed by atoms with Crippen molar-refractivity contribution in [1.82, 2.24) is 0 Å². The molecule has 0 fully saturated rings. The molecule has 2 rings (SSSR count). The Morgan fingerprint density at radius 3 is 2.40 bits per heavy atom. The van der Waals surface area contributed by atoms with Gasteiger partial charge in [-0.15, -0.1) is 0 Å². The average Bonchev–Trinajstić information content (AvgIpc) is 2.44. The second-order valence-electron chi connectivity index (χ2n) is 4.83. The molecule has 0 aliphatic heterocycles. The van der Waals surface area contributed by atoms with E-state index in [-0.39, 0.29) is 5.82 Å². The fraction of sp³-hybridized carbons (Fsp3) is 0.188. The lowest BCUT2D eigenvalue weighted by Crippen LogP contribution is -2.03. The summed E-state index contributed by atoms with van der Waals surface area (Å²) in [5.41, 5.74) is 17.0. The summed E-state index contributed by atoms with van der Waals surface area (Å²) in [6.07, 6.45) is 1.73. The van der Waals surface area contributed by atoms with Crippen molar-refractivity contribution in [2.75, 3.05) is 11.5 Å². The molecule has 0 atom stereocenters. The summed E-state index contributed by atoms with van der Waals surface area (Å²) >= 11 is 0. The first kappa shape index (κ1) is 14.1. The number of hydrogen-bond acceptors (Lipinski definition) is 3. The van der Waals surface area contributed by atoms with Crippen LogP contribution in [0.15, 0.2) is 35.3 Å². The predicted molar refractivity (Wildman–Crippen MR) is 82.4 cm³/mol. The Labute approximate surface area is 118 Å². The van der Waals surface area contributed by atoms with Crippen molar-refractivity contribution in [3.05, 3.63) is 58.4 Å². The molecule has 0 aliphatic carbocycles. The smallest absolute Gasteiger partial charge is 0.123 e. The van der Waals surface area contributed by atoms with Gasteiger partial charge in [-0.3, -0.25) is 4.99 Å². The zero-order valence-electron chi connectivity index (χ0n) is 11.7. The highest BCUT2D eigenvalue weighted by Crippen LogP contribution is 2.25. The van der Waals surface area contributed by atoms with Crippen molar-refractivity contribution >= 4 is 17.6 Å². The van der Waals surface area contributed by atoms with Crippen LogP contribution in [-0.2, 0) is 6.54 Å². The van der Waals surface area contributed by atoms with Gasteiger partial charge in [-0.2, -0.15) is 0 Å². The molecule has 0 unspecified atom stereocenters. The number of halogens is 1. The highest BCUT2D eigenvalue weighted by Gasteiger charge is 2.06. The van der Waals surface area contributed by atoms with Crippen LogP contribution in [0.1, 0.15) is 22.3 Å². The maximum atomic E-state index is 12.8. The molecule has 0 aliphatic rings. The second kappa shape index (κ2) is 5.74. The number of rotatable bonds is 3. The quantitative estimate of drug-likeness (QED) is 0.665. The molecule has 0 aromatic heterocycles. The number of nitrogens with two attached hydrogens (primary N) is 2. The van der Waals surface area contributed by atoms with Gasteiger partial charge in [0, 0.05) is 23.2 Å². The molecule has 4 N–H and O–H groups in total. The van der Waals surface area contributed by atoms with Gasteiger partial charge in [0.05, 0.1) is 6.54 Å². The number of nitrogen functional groups attached to an aromatic ring is 2. The topological polar surface area (TPSA) is 64.4 Å². The summed E-state index contributed by atoms with van der Waals surface area (Å²) in [6, 6.07) is 8.21. The molecule has 0 saturated heterocycles. The maximum absolute atomic E-state index is 12.8. The van der Waals surface area contributed by atoms with Crippen molar-refractivity contribution in [2.45, 2.75) is 20.4 Å². The van der Waals surface area contributed by atoms with Gasteiger partial charge in [-0.25, -0.2) is 4.39 Å². The first-order valence-electron chi connectivity index (χ1n) is 6.38. The van der Waals surface area contributed by atoms with Gasteiger partial charge in [-0.05, 0) is 48.7 Å². The van der Waals surface area contributed by atoms with E-state index in [1.807, 2.05) is 19.9 Å². The van der Waals surface area contributed by atoms with Crippen LogP contribution in [0.3, 0.4) is 0 Å². The van der Waals surface area contributed by atoms with Crippen molar-refractivity contribution in [3.8, 4) is 0 Å². The van der Waals surface area contributed by atoms with Gasteiger partial charge in [0.15, 0.2) is 0 Å². The second-order valence-corrected chi connectivity index (χ2v) is 4.83. The Hall–Kier alpha value is -2.36. The van der Waals surface area contributed by atoms with Crippen LogP contribution in [0.5, 0.6) is 0 Å². The van der Waals surface area contributed by atoms with Crippen LogP contribution >= 0.6 is 0 Å². The van der Waals surface area contributed by atoms with Gasteiger partial charge in [0.2, 0.25) is 0 Å². The minimum absolute atomic E-state index is 0.244. The highest BCUT2D eigenvalue weighted by atomic mass is 19.1. The summed E-state index contributed by atoms with van der Waals surface area (Å²) in [5, 5.41) is 0. The van der Waals surface area contributed by atoms with E-state index >= 15 is 0 Å². The standard InChI is InChI=1S/C16H18FN3/c1-10-7-13(16(19)11(2)15(10)18)9-20-8-12-3-5-14(17)6-4-12/h3-7,9H,8,18-19H2,1-2H3. The van der Waals surface area contributed by atoms with Gasteiger partial charge in [0.1, 0.15) is 5.82 Å². The maximum Gasteiger partial charge on any atom is 0.123 e. The Morgan fingerprint density at radius 1 is 1.10 bits per heavy atom. The minimum atomic E-state index is -0.244. The first-order chi connectivity index (χ1) is 9.49. The lowest BCUT2D eigenvalue weighted by atomic mass is 10.0. The first-order valence-corrected chi connectivity index (χ1v) is 6.38. The summed E-state index contributed by atoms with van der Waals surface area (Å²) in [7, 11) is 0. The molecule has 0 saturated carbocycles. The minimum Gasteiger partial charge on any atom is -0.398 e. The number of aryl methyl sites for hydroxylation is 1. The monoisotopic (exact) mass is 271 g/mol. The molecule has 0 heterocycles. The third-order valence-corrected chi connectivity index (χ3v) is 3.33. The molecule has 0 spiro atoms. The van der Waals surface area contributed by atoms with Crippen molar-refractivity contribution in [1.29, 1.82) is 0 Å². The Bertz CT molecular complexity index is 646. The van der Waals surface area contributed by atoms with E-state index in [9.17, 15) is 4.39 Å². The van der Waals surface area contributed by atoms with Crippen LogP contribution in [0.25, 0.3) is 0 Å². The largest absolute Gasteiger partial charge is 0.398 e. The third-order valence-electron chi connectivity index (χ3n) is 3.33.